The highest BCUT2D eigenvalue weighted by molar-refractivity contribution is 6.33. The Morgan fingerprint density at radius 2 is 2.22 bits per heavy atom. The smallest absolute Gasteiger partial charge is 0.287 e. The van der Waals surface area contributed by atoms with Gasteiger partial charge in [0.1, 0.15) is 11.6 Å². The Morgan fingerprint density at radius 1 is 1.48 bits per heavy atom. The molecule has 23 heavy (non-hydrogen) atoms. The third-order valence-electron chi connectivity index (χ3n) is 3.00. The second-order valence-corrected chi connectivity index (χ2v) is 5.59. The van der Waals surface area contributed by atoms with E-state index in [9.17, 15) is 10.1 Å². The monoisotopic (exact) mass is 343 g/mol. The molecular formula is C15H22ClN3O4. The SMILES string of the molecule is COCCCCC(=NOCC(C)N)c1ccc([N+](=O)[O-])c(Cl)c1. The Bertz CT molecular complexity index is 550. The minimum absolute atomic E-state index is 0.0734. The first-order chi connectivity index (χ1) is 11.0. The van der Waals surface area contributed by atoms with Crippen LogP contribution in [0.25, 0.3) is 0 Å². The van der Waals surface area contributed by atoms with Crippen LogP contribution in [0, 0.1) is 10.1 Å². The second kappa shape index (κ2) is 10.1. The average Bonchev–Trinajstić information content (AvgIpc) is 2.48. The van der Waals surface area contributed by atoms with Gasteiger partial charge in [0.05, 0.1) is 10.6 Å². The van der Waals surface area contributed by atoms with Gasteiger partial charge in [-0.1, -0.05) is 16.8 Å². The summed E-state index contributed by atoms with van der Waals surface area (Å²) >= 11 is 5.96. The van der Waals surface area contributed by atoms with E-state index in [0.717, 1.165) is 12.8 Å². The molecular weight excluding hydrogens is 322 g/mol. The summed E-state index contributed by atoms with van der Waals surface area (Å²) < 4.78 is 5.02. The molecule has 0 radical (unpaired) electrons. The van der Waals surface area contributed by atoms with Gasteiger partial charge in [-0.25, -0.2) is 0 Å². The summed E-state index contributed by atoms with van der Waals surface area (Å²) in [6.45, 7) is 2.77. The first-order valence-electron chi connectivity index (χ1n) is 7.33. The normalized spacial score (nSPS) is 13.0. The van der Waals surface area contributed by atoms with E-state index >= 15 is 0 Å². The molecule has 0 saturated carbocycles. The molecule has 2 N–H and O–H groups in total. The lowest BCUT2D eigenvalue weighted by molar-refractivity contribution is -0.384. The maximum atomic E-state index is 10.8. The number of halogens is 1. The number of nitro benzene ring substituents is 1. The Morgan fingerprint density at radius 3 is 2.78 bits per heavy atom. The van der Waals surface area contributed by atoms with Crippen molar-refractivity contribution in [3.05, 3.63) is 38.9 Å². The lowest BCUT2D eigenvalue weighted by Gasteiger charge is -2.09. The summed E-state index contributed by atoms with van der Waals surface area (Å²) in [5.41, 5.74) is 6.87. The van der Waals surface area contributed by atoms with Crippen molar-refractivity contribution in [3.63, 3.8) is 0 Å². The molecule has 0 saturated heterocycles. The van der Waals surface area contributed by atoms with E-state index in [4.69, 9.17) is 26.9 Å². The summed E-state index contributed by atoms with van der Waals surface area (Å²) in [6, 6.07) is 4.39. The number of methoxy groups -OCH3 is 1. The summed E-state index contributed by atoms with van der Waals surface area (Å²) in [4.78, 5) is 15.6. The maximum Gasteiger partial charge on any atom is 0.287 e. The van der Waals surface area contributed by atoms with Gasteiger partial charge in [-0.15, -0.1) is 0 Å². The number of hydrogen-bond acceptors (Lipinski definition) is 6. The molecule has 1 atom stereocenters. The molecule has 0 spiro atoms. The van der Waals surface area contributed by atoms with E-state index in [1.165, 1.54) is 12.1 Å². The van der Waals surface area contributed by atoms with Gasteiger partial charge < -0.3 is 15.3 Å². The molecule has 0 heterocycles. The lowest BCUT2D eigenvalue weighted by atomic mass is 10.0. The van der Waals surface area contributed by atoms with E-state index < -0.39 is 4.92 Å². The first kappa shape index (κ1) is 19.3. The molecule has 1 aromatic rings. The zero-order chi connectivity index (χ0) is 17.2. The fraction of sp³-hybridized carbons (Fsp3) is 0.533. The molecule has 0 bridgehead atoms. The van der Waals surface area contributed by atoms with Gasteiger partial charge in [0.2, 0.25) is 0 Å². The molecule has 1 aromatic carbocycles. The van der Waals surface area contributed by atoms with Gasteiger partial charge in [0, 0.05) is 31.4 Å². The van der Waals surface area contributed by atoms with Crippen molar-refractivity contribution < 1.29 is 14.5 Å². The van der Waals surface area contributed by atoms with Crippen LogP contribution in [-0.4, -0.2) is 37.0 Å². The predicted molar refractivity (Wildman–Crippen MR) is 90.0 cm³/mol. The largest absolute Gasteiger partial charge is 0.394 e. The number of nitro groups is 1. The fourth-order valence-electron chi connectivity index (χ4n) is 1.85. The highest BCUT2D eigenvalue weighted by atomic mass is 35.5. The summed E-state index contributed by atoms with van der Waals surface area (Å²) in [5.74, 6) is 0. The van der Waals surface area contributed by atoms with E-state index in [0.29, 0.717) is 30.9 Å². The van der Waals surface area contributed by atoms with E-state index in [-0.39, 0.29) is 16.8 Å². The van der Waals surface area contributed by atoms with Gasteiger partial charge in [0.25, 0.3) is 5.69 Å². The molecule has 0 aromatic heterocycles. The Balaban J connectivity index is 2.89. The van der Waals surface area contributed by atoms with Crippen LogP contribution in [0.4, 0.5) is 5.69 Å². The van der Waals surface area contributed by atoms with Crippen LogP contribution in [0.3, 0.4) is 0 Å². The Labute approximate surface area is 140 Å². The van der Waals surface area contributed by atoms with Crippen molar-refractivity contribution in [1.29, 1.82) is 0 Å². The zero-order valence-electron chi connectivity index (χ0n) is 13.3. The number of nitrogens with two attached hydrogens (primary N) is 1. The van der Waals surface area contributed by atoms with Crippen LogP contribution < -0.4 is 5.73 Å². The van der Waals surface area contributed by atoms with Crippen molar-refractivity contribution >= 4 is 23.0 Å². The van der Waals surface area contributed by atoms with Crippen molar-refractivity contribution in [2.75, 3.05) is 20.3 Å². The van der Waals surface area contributed by atoms with E-state index in [2.05, 4.69) is 5.16 Å². The van der Waals surface area contributed by atoms with Crippen LogP contribution in [0.15, 0.2) is 23.4 Å². The number of hydrogen-bond donors (Lipinski definition) is 1. The number of unbranched alkanes of at least 4 members (excludes halogenated alkanes) is 1. The van der Waals surface area contributed by atoms with Gasteiger partial charge >= 0.3 is 0 Å². The van der Waals surface area contributed by atoms with Crippen LogP contribution in [0.1, 0.15) is 31.7 Å². The second-order valence-electron chi connectivity index (χ2n) is 5.18. The van der Waals surface area contributed by atoms with Crippen molar-refractivity contribution in [2.24, 2.45) is 10.9 Å². The van der Waals surface area contributed by atoms with E-state index in [1.807, 2.05) is 6.92 Å². The van der Waals surface area contributed by atoms with Crippen LogP contribution in [-0.2, 0) is 9.57 Å². The highest BCUT2D eigenvalue weighted by Crippen LogP contribution is 2.26. The minimum atomic E-state index is -0.520. The van der Waals surface area contributed by atoms with Gasteiger partial charge in [-0.3, -0.25) is 10.1 Å². The molecule has 7 nitrogen and oxygen atoms in total. The van der Waals surface area contributed by atoms with Crippen LogP contribution in [0.5, 0.6) is 0 Å². The molecule has 0 aliphatic carbocycles. The average molecular weight is 344 g/mol. The summed E-state index contributed by atoms with van der Waals surface area (Å²) in [6.07, 6.45) is 2.38. The maximum absolute atomic E-state index is 10.8. The third kappa shape index (κ3) is 6.94. The first-order valence-corrected chi connectivity index (χ1v) is 7.71. The third-order valence-corrected chi connectivity index (χ3v) is 3.30. The predicted octanol–water partition coefficient (Wildman–Crippen LogP) is 3.13. The van der Waals surface area contributed by atoms with Crippen molar-refractivity contribution in [2.45, 2.75) is 32.2 Å². The number of ether oxygens (including phenoxy) is 1. The Kier molecular flexibility index (Phi) is 8.53. The quantitative estimate of drug-likeness (QED) is 0.304. The molecule has 0 aliphatic heterocycles. The molecule has 0 fully saturated rings. The number of rotatable bonds is 10. The number of nitrogens with zero attached hydrogens (tertiary/aromatic N) is 2. The van der Waals surface area contributed by atoms with Gasteiger partial charge in [-0.05, 0) is 38.3 Å². The Hall–Kier alpha value is -1.70. The molecule has 0 amide bonds. The van der Waals surface area contributed by atoms with Crippen LogP contribution >= 0.6 is 11.6 Å². The topological polar surface area (TPSA) is 100.0 Å². The fourth-order valence-corrected chi connectivity index (χ4v) is 2.10. The summed E-state index contributed by atoms with van der Waals surface area (Å²) in [5, 5.41) is 15.0. The molecule has 1 rings (SSSR count). The van der Waals surface area contributed by atoms with Gasteiger partial charge in [0.15, 0.2) is 0 Å². The van der Waals surface area contributed by atoms with Crippen molar-refractivity contribution in [3.8, 4) is 0 Å². The lowest BCUT2D eigenvalue weighted by Crippen LogP contribution is -2.21. The minimum Gasteiger partial charge on any atom is -0.394 e. The number of oxime groups is 1. The summed E-state index contributed by atoms with van der Waals surface area (Å²) in [7, 11) is 1.65. The zero-order valence-corrected chi connectivity index (χ0v) is 14.1. The van der Waals surface area contributed by atoms with Crippen molar-refractivity contribution in [1.82, 2.24) is 0 Å². The molecule has 0 aliphatic rings. The van der Waals surface area contributed by atoms with Gasteiger partial charge in [-0.2, -0.15) is 0 Å². The molecule has 128 valence electrons. The van der Waals surface area contributed by atoms with Crippen LogP contribution in [0.2, 0.25) is 5.02 Å². The molecule has 1 unspecified atom stereocenters. The standard InChI is InChI=1S/C15H22ClN3O4/c1-11(17)10-23-18-14(5-3-4-8-22-2)12-6-7-15(19(20)21)13(16)9-12/h6-7,9,11H,3-5,8,10,17H2,1-2H3. The molecule has 8 heteroatoms. The highest BCUT2D eigenvalue weighted by Gasteiger charge is 2.15. The van der Waals surface area contributed by atoms with E-state index in [1.54, 1.807) is 13.2 Å². The number of benzene rings is 1.